The molecule has 0 fully saturated rings. The SMILES string of the molecule is COc1cc2c(cc1OCCCOc1cc3c(cc1C)C(=O)N1c4ccc(NC(=O)CCC(C)(C)S)cc4C[C@H]1CC3)N=C[C@@H]1Cc3ccccc3N1C2=O. The molecule has 1 N–H and O–H groups in total. The van der Waals surface area contributed by atoms with Crippen molar-refractivity contribution in [3.63, 3.8) is 0 Å². The summed E-state index contributed by atoms with van der Waals surface area (Å²) in [6.07, 6.45) is 6.59. The van der Waals surface area contributed by atoms with Gasteiger partial charge in [0.25, 0.3) is 11.8 Å². The summed E-state index contributed by atoms with van der Waals surface area (Å²) in [7, 11) is 1.57. The molecule has 0 aromatic heterocycles. The maximum atomic E-state index is 14.1. The average molecular weight is 759 g/mol. The van der Waals surface area contributed by atoms with E-state index in [1.807, 2.05) is 85.3 Å². The van der Waals surface area contributed by atoms with E-state index in [4.69, 9.17) is 19.2 Å². The lowest BCUT2D eigenvalue weighted by atomic mass is 9.98. The largest absolute Gasteiger partial charge is 0.493 e. The number of benzene rings is 4. The van der Waals surface area contributed by atoms with E-state index in [2.05, 4.69) is 24.0 Å². The van der Waals surface area contributed by atoms with Crippen LogP contribution in [0.15, 0.2) is 71.7 Å². The summed E-state index contributed by atoms with van der Waals surface area (Å²) in [5.74, 6) is 1.60. The van der Waals surface area contributed by atoms with Gasteiger partial charge in [-0.15, -0.1) is 0 Å². The highest BCUT2D eigenvalue weighted by molar-refractivity contribution is 7.81. The Kier molecular flexibility index (Phi) is 9.83. The smallest absolute Gasteiger partial charge is 0.261 e. The first-order chi connectivity index (χ1) is 26.5. The lowest BCUT2D eigenvalue weighted by Gasteiger charge is -2.23. The lowest BCUT2D eigenvalue weighted by Crippen LogP contribution is -2.37. The average Bonchev–Trinajstić information content (AvgIpc) is 3.64. The summed E-state index contributed by atoms with van der Waals surface area (Å²) in [5, 5.41) is 3.02. The van der Waals surface area contributed by atoms with Gasteiger partial charge in [0.2, 0.25) is 5.91 Å². The number of methoxy groups -OCH3 is 1. The molecule has 0 bridgehead atoms. The fourth-order valence-electron chi connectivity index (χ4n) is 8.11. The molecule has 0 aliphatic carbocycles. The highest BCUT2D eigenvalue weighted by atomic mass is 32.1. The van der Waals surface area contributed by atoms with Gasteiger partial charge < -0.3 is 24.4 Å². The Morgan fingerprint density at radius 2 is 1.64 bits per heavy atom. The molecule has 4 heterocycles. The van der Waals surface area contributed by atoms with Crippen LogP contribution < -0.4 is 29.3 Å². The lowest BCUT2D eigenvalue weighted by molar-refractivity contribution is -0.116. The van der Waals surface area contributed by atoms with Crippen LogP contribution in [0, 0.1) is 6.92 Å². The Hall–Kier alpha value is -5.29. The highest BCUT2D eigenvalue weighted by Gasteiger charge is 2.38. The zero-order valence-corrected chi connectivity index (χ0v) is 32.6. The summed E-state index contributed by atoms with van der Waals surface area (Å²) in [6, 6.07) is 21.2. The normalized spacial score (nSPS) is 18.0. The van der Waals surface area contributed by atoms with E-state index >= 15 is 0 Å². The summed E-state index contributed by atoms with van der Waals surface area (Å²) in [6.45, 7) is 6.75. The van der Waals surface area contributed by atoms with Crippen LogP contribution in [0.5, 0.6) is 17.2 Å². The fourth-order valence-corrected chi connectivity index (χ4v) is 8.22. The molecular formula is C44H46N4O6S. The van der Waals surface area contributed by atoms with Gasteiger partial charge in [-0.2, -0.15) is 12.6 Å². The van der Waals surface area contributed by atoms with Crippen LogP contribution in [-0.4, -0.2) is 61.1 Å². The summed E-state index contributed by atoms with van der Waals surface area (Å²) < 4.78 is 17.8. The summed E-state index contributed by atoms with van der Waals surface area (Å²) >= 11 is 4.53. The van der Waals surface area contributed by atoms with Gasteiger partial charge in [0.1, 0.15) is 5.75 Å². The number of nitrogens with zero attached hydrogens (tertiary/aromatic N) is 3. The Balaban J connectivity index is 0.888. The van der Waals surface area contributed by atoms with Crippen LogP contribution in [0.2, 0.25) is 0 Å². The first kappa shape index (κ1) is 36.7. The molecule has 0 spiro atoms. The van der Waals surface area contributed by atoms with E-state index in [1.165, 1.54) is 0 Å². The Morgan fingerprint density at radius 1 is 0.873 bits per heavy atom. The number of aliphatic imine (C=N–C) groups is 1. The van der Waals surface area contributed by atoms with Crippen molar-refractivity contribution < 1.29 is 28.6 Å². The third kappa shape index (κ3) is 7.29. The molecule has 11 heteroatoms. The molecule has 4 aromatic rings. The molecule has 4 aliphatic rings. The number of carbonyl (C=O) groups excluding carboxylic acids is 3. The monoisotopic (exact) mass is 758 g/mol. The minimum atomic E-state index is -0.208. The molecule has 0 unspecified atom stereocenters. The molecule has 0 radical (unpaired) electrons. The van der Waals surface area contributed by atoms with Gasteiger partial charge in [0.15, 0.2) is 11.5 Å². The fraction of sp³-hybridized carbons (Fsp3) is 0.364. The van der Waals surface area contributed by atoms with Crippen molar-refractivity contribution in [3.05, 3.63) is 100 Å². The predicted molar refractivity (Wildman–Crippen MR) is 219 cm³/mol. The number of amides is 3. The third-order valence-electron chi connectivity index (χ3n) is 10.9. The van der Waals surface area contributed by atoms with Gasteiger partial charge in [0, 0.05) is 65.0 Å². The second-order valence-electron chi connectivity index (χ2n) is 15.5. The molecule has 284 valence electrons. The number of hydrogen-bond acceptors (Lipinski definition) is 8. The summed E-state index contributed by atoms with van der Waals surface area (Å²) in [5.41, 5.74) is 8.41. The first-order valence-electron chi connectivity index (χ1n) is 19.0. The second kappa shape index (κ2) is 14.7. The number of carbonyl (C=O) groups is 3. The van der Waals surface area contributed by atoms with E-state index in [-0.39, 0.29) is 34.6 Å². The maximum absolute atomic E-state index is 14.1. The quantitative estimate of drug-likeness (QED) is 0.118. The van der Waals surface area contributed by atoms with E-state index in [0.29, 0.717) is 60.8 Å². The van der Waals surface area contributed by atoms with Crippen molar-refractivity contribution in [2.24, 2.45) is 4.99 Å². The number of aryl methyl sites for hydroxylation is 2. The number of thiol groups is 1. The van der Waals surface area contributed by atoms with Gasteiger partial charge in [-0.3, -0.25) is 24.3 Å². The van der Waals surface area contributed by atoms with Gasteiger partial charge >= 0.3 is 0 Å². The van der Waals surface area contributed by atoms with Crippen molar-refractivity contribution in [2.45, 2.75) is 82.5 Å². The number of hydrogen-bond donors (Lipinski definition) is 2. The van der Waals surface area contributed by atoms with Gasteiger partial charge in [-0.25, -0.2) is 0 Å². The van der Waals surface area contributed by atoms with Gasteiger partial charge in [0.05, 0.1) is 37.6 Å². The van der Waals surface area contributed by atoms with E-state index in [0.717, 1.165) is 70.7 Å². The highest BCUT2D eigenvalue weighted by Crippen LogP contribution is 2.42. The zero-order chi connectivity index (χ0) is 38.4. The van der Waals surface area contributed by atoms with Crippen molar-refractivity contribution >= 4 is 59.3 Å². The standard InChI is InChI=1S/C44H46N4O6S/c1-26-18-33-27(10-12-31-21-29-19-30(11-13-37(29)47(31)42(33)50)46-41(49)14-15-44(2,3)55)22-38(26)53-16-7-17-54-40-24-35-34(23-39(40)52-4)43(51)48-32(25-45-35)20-28-8-5-6-9-36(28)48/h5-6,8-9,11,13,18-19,22-25,31-32,55H,7,10,12,14-17,20-21H2,1-4H3,(H,46,49)/t31-,32+/m1/s1. The molecular weight excluding hydrogens is 713 g/mol. The van der Waals surface area contributed by atoms with Crippen molar-refractivity contribution in [1.82, 2.24) is 0 Å². The van der Waals surface area contributed by atoms with Gasteiger partial charge in [-0.05, 0) is 97.3 Å². The van der Waals surface area contributed by atoms with E-state index in [1.54, 1.807) is 19.2 Å². The van der Waals surface area contributed by atoms with Crippen molar-refractivity contribution in [1.29, 1.82) is 0 Å². The molecule has 0 saturated carbocycles. The third-order valence-corrected chi connectivity index (χ3v) is 11.2. The Bertz CT molecular complexity index is 2230. The molecule has 3 amide bonds. The minimum Gasteiger partial charge on any atom is -0.493 e. The topological polar surface area (TPSA) is 110 Å². The Morgan fingerprint density at radius 3 is 2.44 bits per heavy atom. The molecule has 10 nitrogen and oxygen atoms in total. The summed E-state index contributed by atoms with van der Waals surface area (Å²) in [4.78, 5) is 48.8. The zero-order valence-electron chi connectivity index (χ0n) is 31.7. The molecule has 4 aliphatic heterocycles. The molecule has 55 heavy (non-hydrogen) atoms. The van der Waals surface area contributed by atoms with Crippen LogP contribution in [0.25, 0.3) is 0 Å². The molecule has 2 atom stereocenters. The van der Waals surface area contributed by atoms with Crippen molar-refractivity contribution in [3.8, 4) is 17.2 Å². The minimum absolute atomic E-state index is 0.00181. The molecule has 8 rings (SSSR count). The van der Waals surface area contributed by atoms with E-state index < -0.39 is 0 Å². The Labute approximate surface area is 327 Å². The number of ether oxygens (including phenoxy) is 3. The molecule has 0 saturated heterocycles. The predicted octanol–water partition coefficient (Wildman–Crippen LogP) is 8.08. The number of anilines is 3. The van der Waals surface area contributed by atoms with Crippen LogP contribution in [0.1, 0.15) is 82.5 Å². The van der Waals surface area contributed by atoms with Crippen LogP contribution in [-0.2, 0) is 24.1 Å². The van der Waals surface area contributed by atoms with Crippen molar-refractivity contribution in [2.75, 3.05) is 35.4 Å². The van der Waals surface area contributed by atoms with E-state index in [9.17, 15) is 14.4 Å². The maximum Gasteiger partial charge on any atom is 0.261 e. The second-order valence-corrected chi connectivity index (χ2v) is 16.7. The number of rotatable bonds is 11. The number of fused-ring (bicyclic) bond motifs is 8. The van der Waals surface area contributed by atoms with Crippen LogP contribution in [0.3, 0.4) is 0 Å². The number of nitrogens with one attached hydrogen (secondary N) is 1. The number of para-hydroxylation sites is 1. The van der Waals surface area contributed by atoms with Crippen LogP contribution >= 0.6 is 12.6 Å². The van der Waals surface area contributed by atoms with Gasteiger partial charge in [-0.1, -0.05) is 32.0 Å². The first-order valence-corrected chi connectivity index (χ1v) is 19.5. The van der Waals surface area contributed by atoms with Crippen LogP contribution in [0.4, 0.5) is 22.7 Å². The molecule has 4 aromatic carbocycles.